The van der Waals surface area contributed by atoms with Gasteiger partial charge in [-0.15, -0.1) is 0 Å². The fourth-order valence-corrected chi connectivity index (χ4v) is 2.28. The molecule has 0 spiro atoms. The van der Waals surface area contributed by atoms with Crippen LogP contribution in [0.5, 0.6) is 0 Å². The van der Waals surface area contributed by atoms with Gasteiger partial charge in [0.05, 0.1) is 0 Å². The summed E-state index contributed by atoms with van der Waals surface area (Å²) in [6, 6.07) is 2.61. The van der Waals surface area contributed by atoms with E-state index in [1.165, 1.54) is 25.7 Å². The molecule has 16 heavy (non-hydrogen) atoms. The highest BCUT2D eigenvalue weighted by atomic mass is 15.3. The van der Waals surface area contributed by atoms with Crippen molar-refractivity contribution in [2.75, 3.05) is 17.4 Å². The molecule has 0 aromatic carbocycles. The molecule has 5 nitrogen and oxygen atoms in total. The Balaban J connectivity index is 2.21. The molecule has 0 unspecified atom stereocenters. The number of rotatable bonds is 3. The molecule has 1 aromatic rings. The van der Waals surface area contributed by atoms with E-state index in [1.54, 1.807) is 0 Å². The number of hydrogen-bond acceptors (Lipinski definition) is 5. The van der Waals surface area contributed by atoms with Gasteiger partial charge >= 0.3 is 0 Å². The van der Waals surface area contributed by atoms with Crippen molar-refractivity contribution < 1.29 is 0 Å². The molecule has 0 amide bonds. The van der Waals surface area contributed by atoms with E-state index < -0.39 is 0 Å². The highest BCUT2D eigenvalue weighted by molar-refractivity contribution is 5.44. The summed E-state index contributed by atoms with van der Waals surface area (Å²) in [5, 5.41) is 0. The smallest absolute Gasteiger partial charge is 0.239 e. The van der Waals surface area contributed by atoms with Crippen LogP contribution in [0.15, 0.2) is 6.07 Å². The van der Waals surface area contributed by atoms with Gasteiger partial charge in [0.1, 0.15) is 5.82 Å². The van der Waals surface area contributed by atoms with E-state index in [9.17, 15) is 0 Å². The predicted molar refractivity (Wildman–Crippen MR) is 65.2 cm³/mol. The Kier molecular flexibility index (Phi) is 3.24. The van der Waals surface area contributed by atoms with Crippen molar-refractivity contribution in [3.05, 3.63) is 11.8 Å². The van der Waals surface area contributed by atoms with Crippen LogP contribution < -0.4 is 16.2 Å². The van der Waals surface area contributed by atoms with Gasteiger partial charge in [-0.3, -0.25) is 5.43 Å². The summed E-state index contributed by atoms with van der Waals surface area (Å²) in [7, 11) is 2.10. The third-order valence-corrected chi connectivity index (χ3v) is 3.20. The molecule has 5 heteroatoms. The van der Waals surface area contributed by atoms with E-state index in [2.05, 4.69) is 27.3 Å². The van der Waals surface area contributed by atoms with Crippen LogP contribution in [0.1, 0.15) is 31.4 Å². The van der Waals surface area contributed by atoms with E-state index in [0.717, 1.165) is 11.5 Å². The summed E-state index contributed by atoms with van der Waals surface area (Å²) in [4.78, 5) is 10.8. The topological polar surface area (TPSA) is 67.1 Å². The lowest BCUT2D eigenvalue weighted by atomic mass is 10.2. The Hall–Kier alpha value is -1.36. The average Bonchev–Trinajstić information content (AvgIpc) is 2.80. The summed E-state index contributed by atoms with van der Waals surface area (Å²) >= 11 is 0. The predicted octanol–water partition coefficient (Wildman–Crippen LogP) is 1.45. The molecule has 0 aliphatic heterocycles. The van der Waals surface area contributed by atoms with Gasteiger partial charge < -0.3 is 4.90 Å². The van der Waals surface area contributed by atoms with Crippen LogP contribution in [0.3, 0.4) is 0 Å². The SMILES string of the molecule is Cc1cc(N(C)C2CCCC2)nc(NN)n1. The van der Waals surface area contributed by atoms with Gasteiger partial charge in [-0.1, -0.05) is 12.8 Å². The summed E-state index contributed by atoms with van der Waals surface area (Å²) in [6.45, 7) is 1.95. The minimum absolute atomic E-state index is 0.486. The molecule has 1 aliphatic carbocycles. The Morgan fingerprint density at radius 2 is 2.06 bits per heavy atom. The maximum Gasteiger partial charge on any atom is 0.239 e. The normalized spacial score (nSPS) is 16.4. The fourth-order valence-electron chi connectivity index (χ4n) is 2.28. The van der Waals surface area contributed by atoms with E-state index >= 15 is 0 Å². The molecular weight excluding hydrogens is 202 g/mol. The number of nitrogen functional groups attached to an aromatic ring is 1. The maximum absolute atomic E-state index is 5.35. The molecule has 1 aliphatic rings. The largest absolute Gasteiger partial charge is 0.357 e. The highest BCUT2D eigenvalue weighted by Crippen LogP contribution is 2.26. The second-order valence-electron chi connectivity index (χ2n) is 4.38. The van der Waals surface area contributed by atoms with E-state index in [4.69, 9.17) is 5.84 Å². The van der Waals surface area contributed by atoms with Crippen molar-refractivity contribution in [3.8, 4) is 0 Å². The second kappa shape index (κ2) is 4.65. The zero-order valence-electron chi connectivity index (χ0n) is 9.90. The van der Waals surface area contributed by atoms with Crippen molar-refractivity contribution in [1.29, 1.82) is 0 Å². The van der Waals surface area contributed by atoms with Crippen LogP contribution >= 0.6 is 0 Å². The molecule has 0 bridgehead atoms. The van der Waals surface area contributed by atoms with E-state index in [0.29, 0.717) is 12.0 Å². The van der Waals surface area contributed by atoms with Crippen molar-refractivity contribution >= 4 is 11.8 Å². The summed E-state index contributed by atoms with van der Waals surface area (Å²) in [5.74, 6) is 6.78. The third kappa shape index (κ3) is 2.24. The number of hydrazine groups is 1. The number of nitrogens with one attached hydrogen (secondary N) is 1. The molecule has 1 saturated carbocycles. The second-order valence-corrected chi connectivity index (χ2v) is 4.38. The molecule has 2 rings (SSSR count). The lowest BCUT2D eigenvalue weighted by Crippen LogP contribution is -2.30. The van der Waals surface area contributed by atoms with Gasteiger partial charge in [-0.2, -0.15) is 4.98 Å². The minimum Gasteiger partial charge on any atom is -0.357 e. The Labute approximate surface area is 96.0 Å². The molecule has 0 atom stereocenters. The van der Waals surface area contributed by atoms with Crippen LogP contribution in [0.2, 0.25) is 0 Å². The van der Waals surface area contributed by atoms with Crippen molar-refractivity contribution in [3.63, 3.8) is 0 Å². The van der Waals surface area contributed by atoms with E-state index in [-0.39, 0.29) is 0 Å². The number of anilines is 2. The van der Waals surface area contributed by atoms with Crippen LogP contribution in [0, 0.1) is 6.92 Å². The van der Waals surface area contributed by atoms with E-state index in [1.807, 2.05) is 13.0 Å². The zero-order valence-corrected chi connectivity index (χ0v) is 9.90. The molecule has 1 aromatic heterocycles. The molecule has 0 radical (unpaired) electrons. The first-order chi connectivity index (χ1) is 7.70. The number of aromatic nitrogens is 2. The highest BCUT2D eigenvalue weighted by Gasteiger charge is 2.21. The quantitative estimate of drug-likeness (QED) is 0.597. The zero-order chi connectivity index (χ0) is 11.5. The lowest BCUT2D eigenvalue weighted by Gasteiger charge is -2.25. The van der Waals surface area contributed by atoms with Crippen LogP contribution in [-0.2, 0) is 0 Å². The van der Waals surface area contributed by atoms with Crippen LogP contribution in [0.4, 0.5) is 11.8 Å². The summed E-state index contributed by atoms with van der Waals surface area (Å²) < 4.78 is 0. The Morgan fingerprint density at radius 3 is 2.69 bits per heavy atom. The molecule has 88 valence electrons. The molecule has 1 fully saturated rings. The molecule has 1 heterocycles. The molecular formula is C11H19N5. The minimum atomic E-state index is 0.486. The monoisotopic (exact) mass is 221 g/mol. The molecule has 0 saturated heterocycles. The third-order valence-electron chi connectivity index (χ3n) is 3.20. The number of aryl methyl sites for hydroxylation is 1. The van der Waals surface area contributed by atoms with Gasteiger partial charge in [-0.25, -0.2) is 10.8 Å². The lowest BCUT2D eigenvalue weighted by molar-refractivity contribution is 0.645. The summed E-state index contributed by atoms with van der Waals surface area (Å²) in [5.41, 5.74) is 3.44. The average molecular weight is 221 g/mol. The number of nitrogens with zero attached hydrogens (tertiary/aromatic N) is 3. The number of hydrogen-bond donors (Lipinski definition) is 2. The van der Waals surface area contributed by atoms with Gasteiger partial charge in [0.15, 0.2) is 0 Å². The van der Waals surface area contributed by atoms with Crippen molar-refractivity contribution in [2.24, 2.45) is 5.84 Å². The maximum atomic E-state index is 5.35. The van der Waals surface area contributed by atoms with Crippen LogP contribution in [-0.4, -0.2) is 23.1 Å². The summed E-state index contributed by atoms with van der Waals surface area (Å²) in [6.07, 6.45) is 5.15. The standard InChI is InChI=1S/C11H19N5/c1-8-7-10(14-11(13-8)15-12)16(2)9-5-3-4-6-9/h7,9H,3-6,12H2,1-2H3,(H,13,14,15). The first kappa shape index (κ1) is 11.1. The first-order valence-corrected chi connectivity index (χ1v) is 5.76. The molecule has 3 N–H and O–H groups in total. The van der Waals surface area contributed by atoms with Gasteiger partial charge in [0.2, 0.25) is 5.95 Å². The number of nitrogens with two attached hydrogens (primary N) is 1. The van der Waals surface area contributed by atoms with Gasteiger partial charge in [0, 0.05) is 24.8 Å². The Bertz CT molecular complexity index is 359. The van der Waals surface area contributed by atoms with Gasteiger partial charge in [-0.05, 0) is 19.8 Å². The first-order valence-electron chi connectivity index (χ1n) is 5.76. The van der Waals surface area contributed by atoms with Crippen molar-refractivity contribution in [2.45, 2.75) is 38.6 Å². The van der Waals surface area contributed by atoms with Crippen LogP contribution in [0.25, 0.3) is 0 Å². The van der Waals surface area contributed by atoms with Gasteiger partial charge in [0.25, 0.3) is 0 Å². The van der Waals surface area contributed by atoms with Crippen molar-refractivity contribution in [1.82, 2.24) is 9.97 Å². The Morgan fingerprint density at radius 1 is 1.38 bits per heavy atom. The fraction of sp³-hybridized carbons (Fsp3) is 0.636.